The van der Waals surface area contributed by atoms with Crippen molar-refractivity contribution in [3.8, 4) is 0 Å². The number of imidazole rings is 1. The summed E-state index contributed by atoms with van der Waals surface area (Å²) in [6.45, 7) is 1.89. The third-order valence-corrected chi connectivity index (χ3v) is 8.19. The summed E-state index contributed by atoms with van der Waals surface area (Å²) in [5.74, 6) is -0.0891. The van der Waals surface area contributed by atoms with E-state index in [-0.39, 0.29) is 23.9 Å². The molecule has 0 aliphatic carbocycles. The van der Waals surface area contributed by atoms with E-state index >= 15 is 0 Å². The van der Waals surface area contributed by atoms with Crippen molar-refractivity contribution >= 4 is 38.3 Å². The van der Waals surface area contributed by atoms with Crippen LogP contribution >= 0.6 is 11.6 Å². The van der Waals surface area contributed by atoms with Gasteiger partial charge >= 0.3 is 0 Å². The number of amides is 1. The Kier molecular flexibility index (Phi) is 6.12. The molecule has 7 nitrogen and oxygen atoms in total. The van der Waals surface area contributed by atoms with Crippen molar-refractivity contribution in [1.82, 2.24) is 18.8 Å². The van der Waals surface area contributed by atoms with Gasteiger partial charge < -0.3 is 9.47 Å². The summed E-state index contributed by atoms with van der Waals surface area (Å²) in [7, 11) is -3.65. The van der Waals surface area contributed by atoms with E-state index in [4.69, 9.17) is 11.6 Å². The molecular formula is C25H23ClN4O3S. The maximum absolute atomic E-state index is 13.2. The number of sulfonamides is 1. The van der Waals surface area contributed by atoms with Crippen LogP contribution in [0.5, 0.6) is 0 Å². The predicted octanol–water partition coefficient (Wildman–Crippen LogP) is 3.88. The number of rotatable bonds is 5. The van der Waals surface area contributed by atoms with Gasteiger partial charge in [0.2, 0.25) is 10.0 Å². The molecule has 2 heterocycles. The molecule has 1 aromatic heterocycles. The number of hydrogen-bond donors (Lipinski definition) is 0. The van der Waals surface area contributed by atoms with Crippen LogP contribution in [0.1, 0.15) is 15.9 Å². The minimum Gasteiger partial charge on any atom is -0.336 e. The summed E-state index contributed by atoms with van der Waals surface area (Å²) in [4.78, 5) is 18.9. The number of fused-ring (bicyclic) bond motifs is 1. The quantitative estimate of drug-likeness (QED) is 0.422. The summed E-state index contributed by atoms with van der Waals surface area (Å²) in [6.07, 6.45) is 5.37. The summed E-state index contributed by atoms with van der Waals surface area (Å²) in [5, 5.41) is 2.31. The van der Waals surface area contributed by atoms with Crippen molar-refractivity contribution in [2.45, 2.75) is 11.4 Å². The monoisotopic (exact) mass is 494 g/mol. The van der Waals surface area contributed by atoms with Gasteiger partial charge in [-0.25, -0.2) is 13.4 Å². The molecule has 0 saturated carbocycles. The molecule has 0 N–H and O–H groups in total. The van der Waals surface area contributed by atoms with E-state index in [1.165, 1.54) is 4.31 Å². The molecule has 1 saturated heterocycles. The van der Waals surface area contributed by atoms with Crippen LogP contribution in [0.15, 0.2) is 84.3 Å². The Labute approximate surface area is 203 Å². The van der Waals surface area contributed by atoms with Crippen molar-refractivity contribution in [3.63, 3.8) is 0 Å². The second-order valence-electron chi connectivity index (χ2n) is 8.28. The Morgan fingerprint density at radius 3 is 2.32 bits per heavy atom. The Morgan fingerprint density at radius 1 is 0.912 bits per heavy atom. The zero-order valence-electron chi connectivity index (χ0n) is 18.3. The molecule has 3 aromatic carbocycles. The third-order valence-electron chi connectivity index (χ3n) is 6.06. The number of carbonyl (C=O) groups excluding carboxylic acids is 1. The molecule has 4 aromatic rings. The number of nitrogens with zero attached hydrogens (tertiary/aromatic N) is 4. The van der Waals surface area contributed by atoms with Crippen molar-refractivity contribution in [2.75, 3.05) is 26.2 Å². The SMILES string of the molecule is O=C(c1ccc(Cn2ccnc2)cc1)N1CCN(S(=O)(=O)c2ccc3cc(Cl)ccc3c2)CC1. The summed E-state index contributed by atoms with van der Waals surface area (Å²) < 4.78 is 29.8. The lowest BCUT2D eigenvalue weighted by atomic mass is 10.1. The third kappa shape index (κ3) is 4.57. The number of piperazine rings is 1. The Hall–Kier alpha value is -3.20. The molecule has 1 aliphatic rings. The Morgan fingerprint density at radius 2 is 1.62 bits per heavy atom. The molecule has 0 spiro atoms. The van der Waals surface area contributed by atoms with E-state index < -0.39 is 10.0 Å². The first-order chi connectivity index (χ1) is 16.4. The molecule has 0 atom stereocenters. The second kappa shape index (κ2) is 9.21. The van der Waals surface area contributed by atoms with Gasteiger partial charge in [-0.15, -0.1) is 0 Å². The highest BCUT2D eigenvalue weighted by molar-refractivity contribution is 7.89. The molecule has 34 heavy (non-hydrogen) atoms. The van der Waals surface area contributed by atoms with E-state index in [9.17, 15) is 13.2 Å². The van der Waals surface area contributed by atoms with Gasteiger partial charge in [0.15, 0.2) is 0 Å². The Bertz CT molecular complexity index is 1430. The standard InChI is InChI=1S/C25H23ClN4O3S/c26-23-7-5-22-16-24(8-6-21(22)15-23)34(32,33)30-13-11-29(12-14-30)25(31)20-3-1-19(2-4-20)17-28-10-9-27-18-28/h1-10,15-16,18H,11-14,17H2. The zero-order chi connectivity index (χ0) is 23.7. The molecule has 174 valence electrons. The molecule has 1 amide bonds. The van der Waals surface area contributed by atoms with Crippen molar-refractivity contribution in [3.05, 3.63) is 95.5 Å². The van der Waals surface area contributed by atoms with Crippen molar-refractivity contribution in [2.24, 2.45) is 0 Å². The molecule has 0 bridgehead atoms. The highest BCUT2D eigenvalue weighted by atomic mass is 35.5. The average molecular weight is 495 g/mol. The lowest BCUT2D eigenvalue weighted by molar-refractivity contribution is 0.0698. The molecule has 9 heteroatoms. The van der Waals surface area contributed by atoms with Gasteiger partial charge in [-0.2, -0.15) is 4.31 Å². The van der Waals surface area contributed by atoms with Gasteiger partial charge in [0.1, 0.15) is 0 Å². The van der Waals surface area contributed by atoms with Crippen LogP contribution in [0, 0.1) is 0 Å². The zero-order valence-corrected chi connectivity index (χ0v) is 19.9. The fraction of sp³-hybridized carbons (Fsp3) is 0.200. The fourth-order valence-electron chi connectivity index (χ4n) is 4.16. The number of carbonyl (C=O) groups is 1. The highest BCUT2D eigenvalue weighted by Crippen LogP contribution is 2.25. The van der Waals surface area contributed by atoms with E-state index in [0.29, 0.717) is 30.2 Å². The first-order valence-corrected chi connectivity index (χ1v) is 12.8. The van der Waals surface area contributed by atoms with E-state index in [1.54, 1.807) is 41.7 Å². The van der Waals surface area contributed by atoms with Crippen LogP contribution in [-0.4, -0.2) is 59.3 Å². The van der Waals surface area contributed by atoms with Crippen LogP contribution in [-0.2, 0) is 16.6 Å². The number of hydrogen-bond acceptors (Lipinski definition) is 4. The van der Waals surface area contributed by atoms with E-state index in [2.05, 4.69) is 4.98 Å². The van der Waals surface area contributed by atoms with Crippen LogP contribution in [0.3, 0.4) is 0 Å². The number of aromatic nitrogens is 2. The molecule has 1 aliphatic heterocycles. The normalized spacial score (nSPS) is 15.0. The number of halogens is 1. The Balaban J connectivity index is 1.24. The van der Waals surface area contributed by atoms with Crippen LogP contribution in [0.2, 0.25) is 5.02 Å². The molecule has 5 rings (SSSR count). The summed E-state index contributed by atoms with van der Waals surface area (Å²) in [6, 6.07) is 17.9. The van der Waals surface area contributed by atoms with Crippen LogP contribution < -0.4 is 0 Å². The van der Waals surface area contributed by atoms with Gasteiger partial charge in [-0.3, -0.25) is 4.79 Å². The predicted molar refractivity (Wildman–Crippen MR) is 131 cm³/mol. The van der Waals surface area contributed by atoms with E-state index in [0.717, 1.165) is 16.3 Å². The first-order valence-electron chi connectivity index (χ1n) is 10.9. The van der Waals surface area contributed by atoms with Crippen LogP contribution in [0.4, 0.5) is 0 Å². The van der Waals surface area contributed by atoms with Gasteiger partial charge in [0.05, 0.1) is 11.2 Å². The fourth-order valence-corrected chi connectivity index (χ4v) is 5.80. The number of benzene rings is 3. The van der Waals surface area contributed by atoms with Crippen LogP contribution in [0.25, 0.3) is 10.8 Å². The lowest BCUT2D eigenvalue weighted by Crippen LogP contribution is -2.50. The maximum atomic E-state index is 13.2. The minimum atomic E-state index is -3.65. The average Bonchev–Trinajstić information content (AvgIpc) is 3.37. The topological polar surface area (TPSA) is 75.5 Å². The minimum absolute atomic E-state index is 0.0891. The van der Waals surface area contributed by atoms with Gasteiger partial charge in [0, 0.05) is 55.7 Å². The highest BCUT2D eigenvalue weighted by Gasteiger charge is 2.30. The lowest BCUT2D eigenvalue weighted by Gasteiger charge is -2.34. The van der Waals surface area contributed by atoms with Gasteiger partial charge in [0.25, 0.3) is 5.91 Å². The van der Waals surface area contributed by atoms with Crippen molar-refractivity contribution < 1.29 is 13.2 Å². The van der Waals surface area contributed by atoms with Crippen molar-refractivity contribution in [1.29, 1.82) is 0 Å². The smallest absolute Gasteiger partial charge is 0.253 e. The molecular weight excluding hydrogens is 472 g/mol. The van der Waals surface area contributed by atoms with Gasteiger partial charge in [-0.05, 0) is 52.7 Å². The molecule has 1 fully saturated rings. The molecule has 0 unspecified atom stereocenters. The summed E-state index contributed by atoms with van der Waals surface area (Å²) >= 11 is 6.03. The van der Waals surface area contributed by atoms with E-state index in [1.807, 2.05) is 47.2 Å². The van der Waals surface area contributed by atoms with Gasteiger partial charge in [-0.1, -0.05) is 35.9 Å². The summed E-state index contributed by atoms with van der Waals surface area (Å²) in [5.41, 5.74) is 1.67. The second-order valence-corrected chi connectivity index (χ2v) is 10.7. The first kappa shape index (κ1) is 22.6. The maximum Gasteiger partial charge on any atom is 0.253 e. The largest absolute Gasteiger partial charge is 0.336 e. The molecule has 0 radical (unpaired) electrons.